The fourth-order valence-corrected chi connectivity index (χ4v) is 5.95. The van der Waals surface area contributed by atoms with Gasteiger partial charge in [-0.1, -0.05) is 22.0 Å². The third-order valence-corrected chi connectivity index (χ3v) is 6.88. The largest absolute Gasteiger partial charge is 0.481 e. The number of hydrogen-bond donors (Lipinski definition) is 2. The summed E-state index contributed by atoms with van der Waals surface area (Å²) >= 11 is 3.49. The molecule has 156 valence electrons. The first-order valence-corrected chi connectivity index (χ1v) is 10.3. The predicted octanol–water partition coefficient (Wildman–Crippen LogP) is 0.624. The summed E-state index contributed by atoms with van der Waals surface area (Å²) in [4.78, 5) is 41.5. The summed E-state index contributed by atoms with van der Waals surface area (Å²) in [5.74, 6) is -3.82. The summed E-state index contributed by atoms with van der Waals surface area (Å²) in [5.41, 5.74) is -1.75. The van der Waals surface area contributed by atoms with Crippen molar-refractivity contribution < 1.29 is 29.3 Å². The smallest absolute Gasteiger partial charge is 0.310 e. The molecule has 3 fully saturated rings. The second-order valence-corrected chi connectivity index (χ2v) is 9.84. The van der Waals surface area contributed by atoms with Gasteiger partial charge in [-0.05, 0) is 27.2 Å². The van der Waals surface area contributed by atoms with Crippen molar-refractivity contribution in [3.05, 3.63) is 12.7 Å². The van der Waals surface area contributed by atoms with Crippen molar-refractivity contribution in [2.24, 2.45) is 11.8 Å². The number of carbonyl (C=O) groups excluding carboxylic acids is 2. The molecule has 1 spiro atoms. The Morgan fingerprint density at radius 1 is 1.46 bits per heavy atom. The van der Waals surface area contributed by atoms with Crippen LogP contribution < -0.4 is 0 Å². The van der Waals surface area contributed by atoms with Crippen LogP contribution in [0.15, 0.2) is 12.7 Å². The number of β-amino-alcohol motifs (C(OH)–C–C–N with tert-alkyl or cyclic N) is 1. The van der Waals surface area contributed by atoms with Crippen LogP contribution in [-0.2, 0) is 19.1 Å². The van der Waals surface area contributed by atoms with Crippen LogP contribution in [0.4, 0.5) is 0 Å². The molecule has 0 aromatic heterocycles. The van der Waals surface area contributed by atoms with E-state index in [1.165, 1.54) is 4.90 Å². The predicted molar refractivity (Wildman–Crippen MR) is 104 cm³/mol. The number of carbonyl (C=O) groups is 3. The van der Waals surface area contributed by atoms with Gasteiger partial charge in [0, 0.05) is 23.5 Å². The van der Waals surface area contributed by atoms with E-state index in [4.69, 9.17) is 4.74 Å². The van der Waals surface area contributed by atoms with Crippen molar-refractivity contribution in [1.82, 2.24) is 9.80 Å². The molecule has 3 aliphatic heterocycles. The number of ether oxygens (including phenoxy) is 1. The van der Waals surface area contributed by atoms with Gasteiger partial charge in [-0.3, -0.25) is 14.4 Å². The molecule has 28 heavy (non-hydrogen) atoms. The molecule has 3 saturated heterocycles. The molecule has 3 aliphatic rings. The zero-order valence-electron chi connectivity index (χ0n) is 16.3. The van der Waals surface area contributed by atoms with Gasteiger partial charge in [-0.15, -0.1) is 6.58 Å². The van der Waals surface area contributed by atoms with E-state index in [1.807, 2.05) is 20.8 Å². The molecule has 0 aromatic rings. The van der Waals surface area contributed by atoms with Gasteiger partial charge in [0.1, 0.15) is 11.6 Å². The maximum absolute atomic E-state index is 13.7. The minimum absolute atomic E-state index is 0.0487. The normalized spacial score (nSPS) is 36.5. The van der Waals surface area contributed by atoms with Crippen molar-refractivity contribution in [2.45, 2.75) is 55.3 Å². The summed E-state index contributed by atoms with van der Waals surface area (Å²) in [6, 6.07) is -0.981. The first-order chi connectivity index (χ1) is 13.0. The Labute approximate surface area is 172 Å². The number of hydrogen-bond acceptors (Lipinski definition) is 5. The molecule has 0 radical (unpaired) electrons. The van der Waals surface area contributed by atoms with E-state index < -0.39 is 47.0 Å². The maximum atomic E-state index is 13.7. The Balaban J connectivity index is 2.10. The van der Waals surface area contributed by atoms with Crippen LogP contribution in [0.1, 0.15) is 27.2 Å². The van der Waals surface area contributed by atoms with E-state index >= 15 is 0 Å². The van der Waals surface area contributed by atoms with Gasteiger partial charge in [-0.25, -0.2) is 0 Å². The van der Waals surface area contributed by atoms with Crippen LogP contribution in [0.5, 0.6) is 0 Å². The average Bonchev–Trinajstić information content (AvgIpc) is 3.16. The van der Waals surface area contributed by atoms with Crippen molar-refractivity contribution >= 4 is 33.7 Å². The third-order valence-electron chi connectivity index (χ3n) is 6.04. The summed E-state index contributed by atoms with van der Waals surface area (Å²) in [7, 11) is 0. The zero-order valence-corrected chi connectivity index (χ0v) is 17.9. The number of carboxylic acids is 1. The second kappa shape index (κ2) is 7.11. The fourth-order valence-electron chi connectivity index (χ4n) is 5.01. The molecular weight excluding hydrogens is 432 g/mol. The maximum Gasteiger partial charge on any atom is 0.310 e. The lowest BCUT2D eigenvalue weighted by Crippen LogP contribution is -2.60. The van der Waals surface area contributed by atoms with Crippen molar-refractivity contribution in [1.29, 1.82) is 0 Å². The molecular formula is C19H27BrN2O6. The van der Waals surface area contributed by atoms with E-state index in [-0.39, 0.29) is 30.4 Å². The van der Waals surface area contributed by atoms with Gasteiger partial charge in [-0.2, -0.15) is 0 Å². The van der Waals surface area contributed by atoms with Crippen molar-refractivity contribution in [3.63, 3.8) is 0 Å². The highest BCUT2D eigenvalue weighted by molar-refractivity contribution is 9.09. The number of rotatable bonds is 6. The Bertz CT molecular complexity index is 707. The number of nitrogens with zero attached hydrogens (tertiary/aromatic N) is 2. The lowest BCUT2D eigenvalue weighted by Gasteiger charge is -2.42. The van der Waals surface area contributed by atoms with Crippen LogP contribution in [0, 0.1) is 11.8 Å². The van der Waals surface area contributed by atoms with Gasteiger partial charge in [0.2, 0.25) is 11.8 Å². The van der Waals surface area contributed by atoms with E-state index in [2.05, 4.69) is 22.5 Å². The molecule has 0 saturated carbocycles. The van der Waals surface area contributed by atoms with Crippen LogP contribution in [-0.4, -0.2) is 85.6 Å². The van der Waals surface area contributed by atoms with Crippen LogP contribution in [0.25, 0.3) is 0 Å². The van der Waals surface area contributed by atoms with Crippen molar-refractivity contribution in [2.75, 3.05) is 19.7 Å². The van der Waals surface area contributed by atoms with Gasteiger partial charge < -0.3 is 24.7 Å². The van der Waals surface area contributed by atoms with E-state index in [1.54, 1.807) is 11.0 Å². The standard InChI is InChI=1S/C19H27BrN2O6/c1-5-6-22(18(2,3)4)16(25)14-19-9-10(20)13(28-19)11(17(26)27)12(19)15(24)21(14)7-8-23/h5,10-14,23H,1,6-9H2,2-4H3,(H,26,27)/t10?,11-,12-,13-,14?,19?/m0/s1. The number of alkyl halides is 1. The first kappa shape index (κ1) is 21.3. The summed E-state index contributed by atoms with van der Waals surface area (Å²) in [6.45, 7) is 9.29. The molecule has 0 aromatic carbocycles. The SMILES string of the molecule is C=CCN(C(=O)C1N(CCO)C(=O)[C@@H]2[C@H](C(=O)O)[C@H]3OC12CC3Br)C(C)(C)C. The minimum atomic E-state index is -1.21. The second-order valence-electron chi connectivity index (χ2n) is 8.67. The number of carboxylic acid groups (broad SMARTS) is 1. The van der Waals surface area contributed by atoms with Crippen LogP contribution >= 0.6 is 15.9 Å². The lowest BCUT2D eigenvalue weighted by molar-refractivity contribution is -0.152. The number of aliphatic hydroxyl groups is 1. The Kier molecular flexibility index (Phi) is 5.40. The topological polar surface area (TPSA) is 107 Å². The highest BCUT2D eigenvalue weighted by atomic mass is 79.9. The molecule has 3 unspecified atom stereocenters. The van der Waals surface area contributed by atoms with E-state index in [0.717, 1.165) is 0 Å². The number of aliphatic hydroxyl groups excluding tert-OH is 1. The molecule has 2 amide bonds. The van der Waals surface area contributed by atoms with Gasteiger partial charge in [0.05, 0.1) is 24.5 Å². The van der Waals surface area contributed by atoms with Gasteiger partial charge in [0.25, 0.3) is 0 Å². The Morgan fingerprint density at radius 3 is 2.61 bits per heavy atom. The molecule has 2 N–H and O–H groups in total. The highest BCUT2D eigenvalue weighted by Crippen LogP contribution is 2.60. The quantitative estimate of drug-likeness (QED) is 0.446. The number of likely N-dealkylation sites (tertiary alicyclic amines) is 1. The first-order valence-electron chi connectivity index (χ1n) is 9.39. The monoisotopic (exact) mass is 458 g/mol. The fraction of sp³-hybridized carbons (Fsp3) is 0.737. The molecule has 0 aliphatic carbocycles. The van der Waals surface area contributed by atoms with Crippen molar-refractivity contribution in [3.8, 4) is 0 Å². The molecule has 9 heteroatoms. The van der Waals surface area contributed by atoms with Crippen LogP contribution in [0.3, 0.4) is 0 Å². The molecule has 3 heterocycles. The Morgan fingerprint density at radius 2 is 2.11 bits per heavy atom. The number of fused-ring (bicyclic) bond motifs is 1. The molecule has 8 nitrogen and oxygen atoms in total. The molecule has 2 bridgehead atoms. The molecule has 3 rings (SSSR count). The minimum Gasteiger partial charge on any atom is -0.481 e. The lowest BCUT2D eigenvalue weighted by atomic mass is 9.70. The van der Waals surface area contributed by atoms with E-state index in [9.17, 15) is 24.6 Å². The zero-order chi connectivity index (χ0) is 21.0. The Hall–Kier alpha value is -1.45. The highest BCUT2D eigenvalue weighted by Gasteiger charge is 2.77. The summed E-state index contributed by atoms with van der Waals surface area (Å²) in [5, 5.41) is 19.3. The van der Waals surface area contributed by atoms with Gasteiger partial charge in [0.15, 0.2) is 0 Å². The summed E-state index contributed by atoms with van der Waals surface area (Å²) in [6.07, 6.45) is 1.31. The van der Waals surface area contributed by atoms with Crippen LogP contribution in [0.2, 0.25) is 0 Å². The summed E-state index contributed by atoms with van der Waals surface area (Å²) < 4.78 is 6.15. The molecule has 6 atom stereocenters. The average molecular weight is 459 g/mol. The van der Waals surface area contributed by atoms with Gasteiger partial charge >= 0.3 is 5.97 Å². The van der Waals surface area contributed by atoms with E-state index in [0.29, 0.717) is 6.42 Å². The number of amides is 2. The third kappa shape index (κ3) is 2.90. The number of halogens is 1. The number of aliphatic carboxylic acids is 1.